The van der Waals surface area contributed by atoms with E-state index in [1.165, 1.54) is 11.1 Å². The molecular formula is C21H16N2O4. The number of para-hydroxylation sites is 1. The standard InChI is InChI=1S/C21H16N2O4/c1-13-7-9-18(24)16(11-13)19-10-8-15(27-19)12-17-20(25)22-23(21(17)26)14-5-3-2-4-6-14/h2-12,24H,1H3,(H,22,25)/b17-12-. The molecule has 1 aliphatic heterocycles. The second-order valence-electron chi connectivity index (χ2n) is 6.20. The molecule has 6 heteroatoms. The summed E-state index contributed by atoms with van der Waals surface area (Å²) in [7, 11) is 0. The Morgan fingerprint density at radius 2 is 1.81 bits per heavy atom. The van der Waals surface area contributed by atoms with Gasteiger partial charge in [0.05, 0.1) is 11.3 Å². The van der Waals surface area contributed by atoms with Crippen LogP contribution in [0.2, 0.25) is 0 Å². The van der Waals surface area contributed by atoms with E-state index in [1.54, 1.807) is 54.6 Å². The zero-order chi connectivity index (χ0) is 19.0. The molecule has 0 aliphatic carbocycles. The number of hydrogen-bond acceptors (Lipinski definition) is 4. The van der Waals surface area contributed by atoms with Crippen LogP contribution in [0.4, 0.5) is 5.69 Å². The van der Waals surface area contributed by atoms with Gasteiger partial charge in [0.25, 0.3) is 11.8 Å². The minimum Gasteiger partial charge on any atom is -0.507 e. The third-order valence-corrected chi connectivity index (χ3v) is 4.24. The van der Waals surface area contributed by atoms with Crippen LogP contribution in [0.5, 0.6) is 5.75 Å². The van der Waals surface area contributed by atoms with E-state index in [0.717, 1.165) is 5.56 Å². The van der Waals surface area contributed by atoms with Gasteiger partial charge in [-0.05, 0) is 49.4 Å². The van der Waals surface area contributed by atoms with Crippen LogP contribution < -0.4 is 10.4 Å². The summed E-state index contributed by atoms with van der Waals surface area (Å²) in [4.78, 5) is 24.8. The number of rotatable bonds is 3. The summed E-state index contributed by atoms with van der Waals surface area (Å²) in [5.41, 5.74) is 4.62. The Morgan fingerprint density at radius 1 is 1.04 bits per heavy atom. The smallest absolute Gasteiger partial charge is 0.282 e. The quantitative estimate of drug-likeness (QED) is 0.554. The molecule has 1 aromatic heterocycles. The SMILES string of the molecule is Cc1ccc(O)c(-c2ccc(/C=C3/C(=O)NN(c4ccccc4)C3=O)o2)c1. The largest absolute Gasteiger partial charge is 0.507 e. The lowest BCUT2D eigenvalue weighted by molar-refractivity contribution is -0.117. The molecule has 1 aliphatic rings. The summed E-state index contributed by atoms with van der Waals surface area (Å²) in [5, 5.41) is 11.2. The molecule has 1 fully saturated rings. The zero-order valence-electron chi connectivity index (χ0n) is 14.5. The van der Waals surface area contributed by atoms with E-state index >= 15 is 0 Å². The molecule has 0 bridgehead atoms. The van der Waals surface area contributed by atoms with Gasteiger partial charge in [-0.25, -0.2) is 5.01 Å². The Balaban J connectivity index is 1.64. The van der Waals surface area contributed by atoms with Crippen LogP contribution in [-0.4, -0.2) is 16.9 Å². The van der Waals surface area contributed by atoms with E-state index in [0.29, 0.717) is 22.8 Å². The highest BCUT2D eigenvalue weighted by molar-refractivity contribution is 6.31. The van der Waals surface area contributed by atoms with Crippen molar-refractivity contribution in [3.8, 4) is 17.1 Å². The lowest BCUT2D eigenvalue weighted by Gasteiger charge is -2.13. The number of aromatic hydroxyl groups is 1. The van der Waals surface area contributed by atoms with E-state index in [1.807, 2.05) is 13.0 Å². The number of nitrogens with zero attached hydrogens (tertiary/aromatic N) is 1. The van der Waals surface area contributed by atoms with Gasteiger partial charge in [0.1, 0.15) is 22.8 Å². The second-order valence-corrected chi connectivity index (χ2v) is 6.20. The Hall–Kier alpha value is -3.80. The zero-order valence-corrected chi connectivity index (χ0v) is 14.5. The molecule has 0 radical (unpaired) electrons. The maximum Gasteiger partial charge on any atom is 0.282 e. The molecule has 2 aromatic carbocycles. The molecule has 0 atom stereocenters. The van der Waals surface area contributed by atoms with E-state index in [-0.39, 0.29) is 11.3 Å². The van der Waals surface area contributed by atoms with Crippen LogP contribution in [0.25, 0.3) is 17.4 Å². The summed E-state index contributed by atoms with van der Waals surface area (Å²) in [6, 6.07) is 17.4. The van der Waals surface area contributed by atoms with Crippen molar-refractivity contribution in [1.82, 2.24) is 5.43 Å². The molecule has 2 heterocycles. The molecule has 27 heavy (non-hydrogen) atoms. The van der Waals surface area contributed by atoms with Crippen molar-refractivity contribution in [2.45, 2.75) is 6.92 Å². The number of furan rings is 1. The molecule has 1 saturated heterocycles. The third kappa shape index (κ3) is 3.08. The Bertz CT molecular complexity index is 1070. The number of benzene rings is 2. The Morgan fingerprint density at radius 3 is 2.59 bits per heavy atom. The van der Waals surface area contributed by atoms with Gasteiger partial charge < -0.3 is 9.52 Å². The minimum absolute atomic E-state index is 0.0202. The maximum absolute atomic E-state index is 12.6. The Labute approximate surface area is 155 Å². The molecule has 2 amide bonds. The van der Waals surface area contributed by atoms with Crippen LogP contribution in [0.15, 0.2) is 70.7 Å². The fourth-order valence-corrected chi connectivity index (χ4v) is 2.88. The van der Waals surface area contributed by atoms with Gasteiger partial charge in [-0.15, -0.1) is 0 Å². The summed E-state index contributed by atoms with van der Waals surface area (Å²) < 4.78 is 5.72. The molecule has 134 valence electrons. The predicted octanol–water partition coefficient (Wildman–Crippen LogP) is 3.42. The predicted molar refractivity (Wildman–Crippen MR) is 101 cm³/mol. The summed E-state index contributed by atoms with van der Waals surface area (Å²) >= 11 is 0. The van der Waals surface area contributed by atoms with Crippen LogP contribution in [-0.2, 0) is 9.59 Å². The summed E-state index contributed by atoms with van der Waals surface area (Å²) in [6.45, 7) is 1.91. The molecule has 4 rings (SSSR count). The first kappa shape index (κ1) is 16.7. The van der Waals surface area contributed by atoms with E-state index in [2.05, 4.69) is 5.43 Å². The molecule has 0 unspecified atom stereocenters. The minimum atomic E-state index is -0.500. The first-order valence-electron chi connectivity index (χ1n) is 8.35. The van der Waals surface area contributed by atoms with Crippen molar-refractivity contribution < 1.29 is 19.1 Å². The Kier molecular flexibility index (Phi) is 4.01. The number of hydrogen-bond donors (Lipinski definition) is 2. The van der Waals surface area contributed by atoms with Crippen molar-refractivity contribution in [2.75, 3.05) is 5.01 Å². The molecule has 3 aromatic rings. The van der Waals surface area contributed by atoms with Crippen LogP contribution >= 0.6 is 0 Å². The van der Waals surface area contributed by atoms with Gasteiger partial charge in [-0.2, -0.15) is 0 Å². The van der Waals surface area contributed by atoms with Gasteiger partial charge in [0.15, 0.2) is 0 Å². The molecule has 6 nitrogen and oxygen atoms in total. The van der Waals surface area contributed by atoms with Crippen molar-refractivity contribution in [1.29, 1.82) is 0 Å². The van der Waals surface area contributed by atoms with E-state index in [9.17, 15) is 14.7 Å². The second kappa shape index (κ2) is 6.49. The van der Waals surface area contributed by atoms with Crippen LogP contribution in [0.3, 0.4) is 0 Å². The number of amides is 2. The highest BCUT2D eigenvalue weighted by atomic mass is 16.3. The number of carbonyl (C=O) groups excluding carboxylic acids is 2. The summed E-state index contributed by atoms with van der Waals surface area (Å²) in [6.07, 6.45) is 1.40. The third-order valence-electron chi connectivity index (χ3n) is 4.24. The van der Waals surface area contributed by atoms with Crippen molar-refractivity contribution in [3.05, 3.63) is 77.6 Å². The topological polar surface area (TPSA) is 82.8 Å². The monoisotopic (exact) mass is 360 g/mol. The van der Waals surface area contributed by atoms with Gasteiger partial charge in [-0.3, -0.25) is 15.0 Å². The number of phenolic OH excluding ortho intramolecular Hbond substituents is 1. The van der Waals surface area contributed by atoms with Crippen molar-refractivity contribution >= 4 is 23.6 Å². The fraction of sp³-hybridized carbons (Fsp3) is 0.0476. The van der Waals surface area contributed by atoms with Crippen molar-refractivity contribution in [2.24, 2.45) is 0 Å². The normalized spacial score (nSPS) is 15.4. The number of hydrazine groups is 1. The van der Waals surface area contributed by atoms with Gasteiger partial charge in [0, 0.05) is 0 Å². The molecule has 0 spiro atoms. The maximum atomic E-state index is 12.6. The number of anilines is 1. The van der Waals surface area contributed by atoms with Gasteiger partial charge in [0.2, 0.25) is 0 Å². The molecule has 2 N–H and O–H groups in total. The highest BCUT2D eigenvalue weighted by Crippen LogP contribution is 2.32. The lowest BCUT2D eigenvalue weighted by atomic mass is 10.1. The van der Waals surface area contributed by atoms with E-state index < -0.39 is 11.8 Å². The number of carbonyl (C=O) groups is 2. The van der Waals surface area contributed by atoms with Crippen LogP contribution in [0, 0.1) is 6.92 Å². The first-order chi connectivity index (χ1) is 13.0. The van der Waals surface area contributed by atoms with Crippen molar-refractivity contribution in [3.63, 3.8) is 0 Å². The summed E-state index contributed by atoms with van der Waals surface area (Å²) in [5.74, 6) is -0.0602. The van der Waals surface area contributed by atoms with Gasteiger partial charge >= 0.3 is 0 Å². The van der Waals surface area contributed by atoms with Crippen LogP contribution in [0.1, 0.15) is 11.3 Å². The average Bonchev–Trinajstić information content (AvgIpc) is 3.24. The molecular weight excluding hydrogens is 344 g/mol. The first-order valence-corrected chi connectivity index (χ1v) is 8.35. The van der Waals surface area contributed by atoms with E-state index in [4.69, 9.17) is 4.42 Å². The number of phenols is 1. The molecule has 0 saturated carbocycles. The highest BCUT2D eigenvalue weighted by Gasteiger charge is 2.34. The number of aryl methyl sites for hydroxylation is 1. The number of nitrogens with one attached hydrogen (secondary N) is 1. The lowest BCUT2D eigenvalue weighted by Crippen LogP contribution is -2.35. The fourth-order valence-electron chi connectivity index (χ4n) is 2.88. The van der Waals surface area contributed by atoms with Gasteiger partial charge in [-0.1, -0.05) is 29.8 Å². The average molecular weight is 360 g/mol.